The second-order valence-electron chi connectivity index (χ2n) is 13.4. The Morgan fingerprint density at radius 1 is 1.00 bits per heavy atom. The Kier molecular flexibility index (Phi) is 8.95. The van der Waals surface area contributed by atoms with Crippen LogP contribution in [0.4, 0.5) is 15.3 Å². The third kappa shape index (κ3) is 6.10. The van der Waals surface area contributed by atoms with Gasteiger partial charge in [-0.1, -0.05) is 24.3 Å². The van der Waals surface area contributed by atoms with Crippen molar-refractivity contribution in [3.8, 4) is 0 Å². The van der Waals surface area contributed by atoms with Crippen molar-refractivity contribution in [1.82, 2.24) is 30.2 Å². The number of ether oxygens (including phenoxy) is 1. The largest absolute Gasteiger partial charge is 0.445 e. The Balaban J connectivity index is 1.13. The second-order valence-corrected chi connectivity index (χ2v) is 13.4. The van der Waals surface area contributed by atoms with Gasteiger partial charge in [-0.15, -0.1) is 0 Å². The average molecular weight is 628 g/mol. The Morgan fingerprint density at radius 2 is 1.80 bits per heavy atom. The summed E-state index contributed by atoms with van der Waals surface area (Å²) in [5, 5.41) is 14.6. The molecule has 3 aromatic rings. The summed E-state index contributed by atoms with van der Waals surface area (Å²) >= 11 is 0. The number of para-hydroxylation sites is 1. The summed E-state index contributed by atoms with van der Waals surface area (Å²) in [6, 6.07) is 13.5. The molecule has 4 aliphatic rings. The number of carbonyl (C=O) groups excluding carboxylic acids is 3. The van der Waals surface area contributed by atoms with Crippen molar-refractivity contribution in [2.45, 2.75) is 69.7 Å². The molecule has 0 bridgehead atoms. The number of nitrogens with one attached hydrogen (secondary N) is 3. The summed E-state index contributed by atoms with van der Waals surface area (Å²) in [4.78, 5) is 46.3. The molecule has 0 radical (unpaired) electrons. The van der Waals surface area contributed by atoms with Crippen molar-refractivity contribution in [3.63, 3.8) is 0 Å². The zero-order chi connectivity index (χ0) is 31.5. The lowest BCUT2D eigenvalue weighted by atomic mass is 9.77. The van der Waals surface area contributed by atoms with Crippen LogP contribution in [0.25, 0.3) is 10.9 Å². The van der Waals surface area contributed by atoms with Gasteiger partial charge in [0.05, 0.1) is 11.7 Å². The van der Waals surface area contributed by atoms with Crippen LogP contribution < -0.4 is 10.6 Å². The summed E-state index contributed by atoms with van der Waals surface area (Å²) in [6.45, 7) is 4.91. The highest BCUT2D eigenvalue weighted by Gasteiger charge is 2.52. The third-order valence-electron chi connectivity index (χ3n) is 11.0. The lowest BCUT2D eigenvalue weighted by molar-refractivity contribution is -0.128. The Morgan fingerprint density at radius 3 is 2.63 bits per heavy atom. The second kappa shape index (κ2) is 13.4. The highest BCUT2D eigenvalue weighted by atomic mass is 16.6. The minimum absolute atomic E-state index is 0.120. The van der Waals surface area contributed by atoms with Gasteiger partial charge in [0.15, 0.2) is 0 Å². The molecule has 0 unspecified atom stereocenters. The molecule has 0 saturated carbocycles. The topological polar surface area (TPSA) is 123 Å². The van der Waals surface area contributed by atoms with Gasteiger partial charge in [-0.2, -0.15) is 5.10 Å². The zero-order valence-electron chi connectivity index (χ0n) is 26.5. The molecule has 4 aliphatic heterocycles. The number of aldehydes is 1. The van der Waals surface area contributed by atoms with Crippen molar-refractivity contribution in [2.24, 2.45) is 11.8 Å². The van der Waals surface area contributed by atoms with Crippen LogP contribution in [0.5, 0.6) is 0 Å². The predicted molar refractivity (Wildman–Crippen MR) is 175 cm³/mol. The summed E-state index contributed by atoms with van der Waals surface area (Å²) in [6.07, 6.45) is 8.85. The van der Waals surface area contributed by atoms with E-state index in [0.29, 0.717) is 31.8 Å². The molecule has 3 fully saturated rings. The summed E-state index contributed by atoms with van der Waals surface area (Å²) in [5.74, 6) is 1.37. The van der Waals surface area contributed by atoms with Crippen molar-refractivity contribution in [2.75, 3.05) is 44.6 Å². The fourth-order valence-electron chi connectivity index (χ4n) is 8.50. The Hall–Kier alpha value is -3.96. The van der Waals surface area contributed by atoms with E-state index in [0.717, 1.165) is 85.4 Å². The van der Waals surface area contributed by atoms with Crippen molar-refractivity contribution in [1.29, 1.82) is 0 Å². The van der Waals surface area contributed by atoms with Gasteiger partial charge in [-0.25, -0.2) is 9.59 Å². The highest BCUT2D eigenvalue weighted by Crippen LogP contribution is 2.41. The number of benzene rings is 2. The number of amides is 3. The first-order chi connectivity index (χ1) is 22.5. The SMILES string of the molecule is O=CC[C@@]1(N2CCC(C3CCNCC3)CC2)C[C@H](N2CCc3ccccc3NC2=O)CCN1C(=O)OCc1ccc2[nH]ncc2c1. The van der Waals surface area contributed by atoms with Gasteiger partial charge < -0.3 is 25.1 Å². The number of aromatic amines is 1. The number of anilines is 1. The number of hydrogen-bond acceptors (Lipinski definition) is 7. The first-order valence-electron chi connectivity index (χ1n) is 17.0. The number of piperidine rings is 3. The monoisotopic (exact) mass is 627 g/mol. The minimum Gasteiger partial charge on any atom is -0.445 e. The highest BCUT2D eigenvalue weighted by molar-refractivity contribution is 5.91. The third-order valence-corrected chi connectivity index (χ3v) is 11.0. The van der Waals surface area contributed by atoms with Crippen LogP contribution in [0.2, 0.25) is 0 Å². The molecule has 1 aromatic heterocycles. The molecule has 11 nitrogen and oxygen atoms in total. The maximum Gasteiger partial charge on any atom is 0.411 e. The molecular formula is C35H45N7O4. The van der Waals surface area contributed by atoms with Gasteiger partial charge in [-0.05, 0) is 92.8 Å². The molecule has 0 spiro atoms. The van der Waals surface area contributed by atoms with Crippen molar-refractivity contribution < 1.29 is 19.1 Å². The van der Waals surface area contributed by atoms with E-state index >= 15 is 0 Å². The van der Waals surface area contributed by atoms with E-state index in [1.54, 1.807) is 6.20 Å². The van der Waals surface area contributed by atoms with E-state index in [9.17, 15) is 14.4 Å². The van der Waals surface area contributed by atoms with Gasteiger partial charge in [-0.3, -0.25) is 14.9 Å². The number of nitrogens with zero attached hydrogens (tertiary/aromatic N) is 4. The molecule has 244 valence electrons. The fraction of sp³-hybridized carbons (Fsp3) is 0.543. The quantitative estimate of drug-likeness (QED) is 0.323. The molecule has 11 heteroatoms. The normalized spacial score (nSPS) is 25.1. The number of H-pyrrole nitrogens is 1. The van der Waals surface area contributed by atoms with Crippen LogP contribution in [-0.2, 0) is 22.6 Å². The van der Waals surface area contributed by atoms with Gasteiger partial charge in [0.2, 0.25) is 0 Å². The molecule has 7 rings (SSSR count). The molecule has 46 heavy (non-hydrogen) atoms. The maximum atomic E-state index is 14.0. The lowest BCUT2D eigenvalue weighted by Gasteiger charge is -2.56. The summed E-state index contributed by atoms with van der Waals surface area (Å²) < 4.78 is 5.98. The van der Waals surface area contributed by atoms with E-state index in [-0.39, 0.29) is 25.1 Å². The molecule has 3 amide bonds. The first kappa shape index (κ1) is 30.7. The number of urea groups is 1. The number of likely N-dealkylation sites (tertiary alicyclic amines) is 2. The van der Waals surface area contributed by atoms with E-state index < -0.39 is 11.8 Å². The number of rotatable bonds is 7. The average Bonchev–Trinajstić information content (AvgIpc) is 3.49. The van der Waals surface area contributed by atoms with E-state index in [4.69, 9.17) is 4.74 Å². The number of carbonyl (C=O) groups is 3. The van der Waals surface area contributed by atoms with Crippen LogP contribution in [-0.4, -0.2) is 94.3 Å². The molecule has 2 atom stereocenters. The standard InChI is InChI=1S/C35H45N7O4/c43-20-13-35(40-16-9-27(10-17-40)26-7-14-36-15-8-26)22-30(41-18-11-28-3-1-2-4-31(28)38-33(41)44)12-19-42(35)34(45)46-24-25-5-6-32-29(21-25)23-37-39-32/h1-6,20-21,23,26-27,30,36H,7-19,22,24H2,(H,37,39)(H,38,44)/t30-,35+/m1/s1. The van der Waals surface area contributed by atoms with E-state index in [1.807, 2.05) is 46.2 Å². The molecule has 0 aliphatic carbocycles. The molecule has 3 N–H and O–H groups in total. The van der Waals surface area contributed by atoms with Crippen LogP contribution in [0, 0.1) is 11.8 Å². The zero-order valence-corrected chi connectivity index (χ0v) is 26.5. The van der Waals surface area contributed by atoms with Gasteiger partial charge >= 0.3 is 12.1 Å². The smallest absolute Gasteiger partial charge is 0.411 e. The molecular weight excluding hydrogens is 582 g/mol. The first-order valence-corrected chi connectivity index (χ1v) is 17.0. The van der Waals surface area contributed by atoms with Gasteiger partial charge in [0, 0.05) is 56.1 Å². The van der Waals surface area contributed by atoms with Crippen LogP contribution in [0.15, 0.2) is 48.7 Å². The van der Waals surface area contributed by atoms with Crippen molar-refractivity contribution in [3.05, 3.63) is 59.8 Å². The molecule has 5 heterocycles. The number of hydrogen-bond donors (Lipinski definition) is 3. The van der Waals surface area contributed by atoms with E-state index in [1.165, 1.54) is 12.8 Å². The summed E-state index contributed by atoms with van der Waals surface area (Å²) in [5.41, 5.74) is 2.91. The van der Waals surface area contributed by atoms with Crippen molar-refractivity contribution >= 4 is 35.0 Å². The number of aromatic nitrogens is 2. The van der Waals surface area contributed by atoms with Gasteiger partial charge in [0.25, 0.3) is 0 Å². The predicted octanol–water partition coefficient (Wildman–Crippen LogP) is 4.75. The Labute approximate surface area is 270 Å². The number of fused-ring (bicyclic) bond motifs is 2. The maximum absolute atomic E-state index is 14.0. The molecule has 3 saturated heterocycles. The van der Waals surface area contributed by atoms with Crippen LogP contribution in [0.3, 0.4) is 0 Å². The summed E-state index contributed by atoms with van der Waals surface area (Å²) in [7, 11) is 0. The lowest BCUT2D eigenvalue weighted by Crippen LogP contribution is -2.69. The van der Waals surface area contributed by atoms with Crippen LogP contribution in [0.1, 0.15) is 56.1 Å². The van der Waals surface area contributed by atoms with Crippen LogP contribution >= 0.6 is 0 Å². The fourth-order valence-corrected chi connectivity index (χ4v) is 8.50. The van der Waals surface area contributed by atoms with Gasteiger partial charge in [0.1, 0.15) is 18.6 Å². The minimum atomic E-state index is -0.866. The van der Waals surface area contributed by atoms with E-state index in [2.05, 4.69) is 31.8 Å². The Bertz CT molecular complexity index is 1550. The molecule has 2 aromatic carbocycles.